The van der Waals surface area contributed by atoms with Gasteiger partial charge in [-0.3, -0.25) is 0 Å². The molecule has 4 bridgehead atoms. The maximum absolute atomic E-state index is 6.48. The first-order chi connectivity index (χ1) is 14.2. The van der Waals surface area contributed by atoms with Crippen LogP contribution in [0.25, 0.3) is 16.7 Å². The van der Waals surface area contributed by atoms with Crippen molar-refractivity contribution in [3.05, 3.63) is 66.7 Å². The highest BCUT2D eigenvalue weighted by atomic mass is 17.2. The van der Waals surface area contributed by atoms with Crippen LogP contribution in [0.3, 0.4) is 0 Å². The van der Waals surface area contributed by atoms with E-state index in [9.17, 15) is 0 Å². The number of hydrogen-bond donors (Lipinski definition) is 0. The first-order valence-corrected chi connectivity index (χ1v) is 11.0. The van der Waals surface area contributed by atoms with Gasteiger partial charge in [-0.2, -0.15) is 4.89 Å². The van der Waals surface area contributed by atoms with Gasteiger partial charge in [-0.05, 0) is 66.2 Å². The second-order valence-electron chi connectivity index (χ2n) is 9.47. The van der Waals surface area contributed by atoms with Gasteiger partial charge in [-0.15, -0.1) is 0 Å². The molecule has 2 aromatic rings. The summed E-state index contributed by atoms with van der Waals surface area (Å²) in [5.41, 5.74) is 4.41. The van der Waals surface area contributed by atoms with E-state index in [4.69, 9.17) is 14.5 Å². The van der Waals surface area contributed by atoms with Crippen LogP contribution in [-0.4, -0.2) is 18.5 Å². The van der Waals surface area contributed by atoms with Gasteiger partial charge in [-0.25, -0.2) is 4.89 Å². The van der Waals surface area contributed by atoms with Crippen molar-refractivity contribution in [2.75, 3.05) is 6.61 Å². The quantitative estimate of drug-likeness (QED) is 0.616. The Morgan fingerprint density at radius 2 is 1.41 bits per heavy atom. The molecule has 5 fully saturated rings. The second-order valence-corrected chi connectivity index (χ2v) is 9.47. The molecule has 1 saturated heterocycles. The number of ether oxygens (including phenoxy) is 1. The topological polar surface area (TPSA) is 27.7 Å². The monoisotopic (exact) mass is 388 g/mol. The molecule has 0 amide bonds. The molecule has 1 unspecified atom stereocenters. The van der Waals surface area contributed by atoms with E-state index in [1.54, 1.807) is 0 Å². The molecule has 5 aliphatic rings. The van der Waals surface area contributed by atoms with Gasteiger partial charge in [-0.1, -0.05) is 61.2 Å². The molecule has 0 radical (unpaired) electrons. The van der Waals surface area contributed by atoms with E-state index in [0.29, 0.717) is 18.4 Å². The van der Waals surface area contributed by atoms with E-state index < -0.39 is 5.79 Å². The third-order valence-electron chi connectivity index (χ3n) is 7.78. The lowest BCUT2D eigenvalue weighted by atomic mass is 9.53. The van der Waals surface area contributed by atoms with Crippen LogP contribution in [0.15, 0.2) is 61.2 Å². The second kappa shape index (κ2) is 6.80. The standard InChI is InChI=1S/C26H28O3/c1-17(20-7-9-22(10-8-20)21-5-3-2-4-6-21)25-16-27-26(29-28-25)23-12-18-11-19(14-23)15-24(26)13-18/h2-10,18-19,23-25H,1,11-16H2. The lowest BCUT2D eigenvalue weighted by molar-refractivity contribution is -0.517. The molecule has 0 N–H and O–H groups in total. The lowest BCUT2D eigenvalue weighted by Crippen LogP contribution is -2.63. The van der Waals surface area contributed by atoms with Crippen molar-refractivity contribution in [3.8, 4) is 11.1 Å². The van der Waals surface area contributed by atoms with Crippen molar-refractivity contribution in [2.24, 2.45) is 23.7 Å². The van der Waals surface area contributed by atoms with Crippen molar-refractivity contribution in [3.63, 3.8) is 0 Å². The van der Waals surface area contributed by atoms with Crippen LogP contribution in [0.5, 0.6) is 0 Å². The van der Waals surface area contributed by atoms with Crippen molar-refractivity contribution in [2.45, 2.75) is 44.0 Å². The molecule has 7 rings (SSSR count). The fraction of sp³-hybridized carbons (Fsp3) is 0.462. The molecule has 1 heterocycles. The van der Waals surface area contributed by atoms with Gasteiger partial charge in [0.05, 0.1) is 6.61 Å². The highest BCUT2D eigenvalue weighted by Crippen LogP contribution is 2.60. The Morgan fingerprint density at radius 3 is 2.00 bits per heavy atom. The molecular formula is C26H28O3. The summed E-state index contributed by atoms with van der Waals surface area (Å²) in [4.78, 5) is 12.1. The van der Waals surface area contributed by atoms with Crippen LogP contribution in [0.4, 0.5) is 0 Å². The molecular weight excluding hydrogens is 360 g/mol. The molecule has 1 spiro atoms. The minimum Gasteiger partial charge on any atom is -0.344 e. The van der Waals surface area contributed by atoms with Crippen LogP contribution in [0.2, 0.25) is 0 Å². The molecule has 1 atom stereocenters. The van der Waals surface area contributed by atoms with Gasteiger partial charge >= 0.3 is 0 Å². The molecule has 2 aromatic carbocycles. The zero-order valence-electron chi connectivity index (χ0n) is 16.8. The average Bonchev–Trinajstić information content (AvgIpc) is 2.78. The van der Waals surface area contributed by atoms with Crippen molar-refractivity contribution in [1.82, 2.24) is 0 Å². The van der Waals surface area contributed by atoms with Gasteiger partial charge in [0.1, 0.15) is 6.10 Å². The Labute approximate surface area is 172 Å². The number of benzene rings is 2. The zero-order chi connectivity index (χ0) is 19.4. The minimum absolute atomic E-state index is 0.250. The van der Waals surface area contributed by atoms with Crippen LogP contribution in [0, 0.1) is 23.7 Å². The van der Waals surface area contributed by atoms with Crippen LogP contribution in [0.1, 0.15) is 37.7 Å². The summed E-state index contributed by atoms with van der Waals surface area (Å²) < 4.78 is 6.48. The Kier molecular flexibility index (Phi) is 4.19. The average molecular weight is 389 g/mol. The molecule has 1 aliphatic heterocycles. The van der Waals surface area contributed by atoms with Gasteiger partial charge in [0, 0.05) is 11.8 Å². The van der Waals surface area contributed by atoms with Crippen LogP contribution >= 0.6 is 0 Å². The highest BCUT2D eigenvalue weighted by Gasteiger charge is 2.61. The van der Waals surface area contributed by atoms with E-state index in [1.807, 2.05) is 6.07 Å². The molecule has 4 aliphatic carbocycles. The molecule has 150 valence electrons. The molecule has 29 heavy (non-hydrogen) atoms. The van der Waals surface area contributed by atoms with E-state index >= 15 is 0 Å². The fourth-order valence-electron chi connectivity index (χ4n) is 6.46. The van der Waals surface area contributed by atoms with Crippen molar-refractivity contribution < 1.29 is 14.5 Å². The normalized spacial score (nSPS) is 37.7. The largest absolute Gasteiger partial charge is 0.344 e. The maximum atomic E-state index is 6.48. The molecule has 4 saturated carbocycles. The summed E-state index contributed by atoms with van der Waals surface area (Å²) >= 11 is 0. The molecule has 0 aromatic heterocycles. The third kappa shape index (κ3) is 2.91. The van der Waals surface area contributed by atoms with Gasteiger partial charge in [0.15, 0.2) is 0 Å². The Balaban J connectivity index is 1.15. The predicted molar refractivity (Wildman–Crippen MR) is 113 cm³/mol. The van der Waals surface area contributed by atoms with E-state index in [0.717, 1.165) is 23.0 Å². The van der Waals surface area contributed by atoms with E-state index in [2.05, 4.69) is 55.1 Å². The highest BCUT2D eigenvalue weighted by molar-refractivity contribution is 5.71. The van der Waals surface area contributed by atoms with Crippen molar-refractivity contribution >= 4 is 5.57 Å². The van der Waals surface area contributed by atoms with Crippen LogP contribution in [-0.2, 0) is 14.5 Å². The predicted octanol–water partition coefficient (Wildman–Crippen LogP) is 5.87. The third-order valence-corrected chi connectivity index (χ3v) is 7.78. The Morgan fingerprint density at radius 1 is 0.793 bits per heavy atom. The summed E-state index contributed by atoms with van der Waals surface area (Å²) in [7, 11) is 0. The summed E-state index contributed by atoms with van der Waals surface area (Å²) in [6, 6.07) is 18.9. The SMILES string of the molecule is C=C(c1ccc(-c2ccccc2)cc1)C1COC2(OO1)C1CC3CC(C1)CC2C3. The summed E-state index contributed by atoms with van der Waals surface area (Å²) in [5.74, 6) is 2.26. The van der Waals surface area contributed by atoms with Gasteiger partial charge < -0.3 is 4.74 Å². The smallest absolute Gasteiger partial charge is 0.207 e. The first-order valence-electron chi connectivity index (χ1n) is 11.0. The fourth-order valence-corrected chi connectivity index (χ4v) is 6.46. The zero-order valence-corrected chi connectivity index (χ0v) is 16.8. The molecule has 3 nitrogen and oxygen atoms in total. The Bertz CT molecular complexity index is 863. The van der Waals surface area contributed by atoms with Crippen LogP contribution < -0.4 is 0 Å². The van der Waals surface area contributed by atoms with E-state index in [1.165, 1.54) is 43.2 Å². The van der Waals surface area contributed by atoms with Gasteiger partial charge in [0.2, 0.25) is 5.79 Å². The van der Waals surface area contributed by atoms with E-state index in [-0.39, 0.29) is 6.10 Å². The van der Waals surface area contributed by atoms with Gasteiger partial charge in [0.25, 0.3) is 0 Å². The molecule has 3 heteroatoms. The van der Waals surface area contributed by atoms with Crippen molar-refractivity contribution in [1.29, 1.82) is 0 Å². The number of rotatable bonds is 3. The summed E-state index contributed by atoms with van der Waals surface area (Å²) in [6.07, 6.45) is 6.13. The Hall–Kier alpha value is -1.94. The minimum atomic E-state index is -0.499. The summed E-state index contributed by atoms with van der Waals surface area (Å²) in [5, 5.41) is 0. The number of hydrogen-bond acceptors (Lipinski definition) is 3. The summed E-state index contributed by atoms with van der Waals surface area (Å²) in [6.45, 7) is 4.82. The maximum Gasteiger partial charge on any atom is 0.207 e. The first kappa shape index (κ1) is 17.9. The lowest BCUT2D eigenvalue weighted by Gasteiger charge is -2.60.